The molecule has 0 spiro atoms. The molecule has 2 unspecified atom stereocenters. The van der Waals surface area contributed by atoms with E-state index >= 15 is 0 Å². The van der Waals surface area contributed by atoms with Gasteiger partial charge in [0.1, 0.15) is 0 Å². The number of hydrogen-bond acceptors (Lipinski definition) is 2. The third kappa shape index (κ3) is 3.14. The fraction of sp³-hybridized carbons (Fsp3) is 0.727. The third-order valence-corrected chi connectivity index (χ3v) is 2.94. The molecule has 0 bridgehead atoms. The van der Waals surface area contributed by atoms with E-state index in [-0.39, 0.29) is 12.5 Å². The van der Waals surface area contributed by atoms with Crippen LogP contribution in [0.4, 0.5) is 0 Å². The molecular formula is C11H19NO2. The molecule has 0 aromatic carbocycles. The lowest BCUT2D eigenvalue weighted by atomic mass is 9.97. The molecule has 0 aliphatic heterocycles. The molecule has 3 nitrogen and oxygen atoms in total. The zero-order chi connectivity index (χ0) is 10.4. The number of hydrogen-bond donors (Lipinski definition) is 2. The molecule has 1 fully saturated rings. The van der Waals surface area contributed by atoms with E-state index in [9.17, 15) is 4.79 Å². The maximum absolute atomic E-state index is 11.1. The summed E-state index contributed by atoms with van der Waals surface area (Å²) in [6, 6.07) is 0. The summed E-state index contributed by atoms with van der Waals surface area (Å²) in [5, 5.41) is 11.9. The van der Waals surface area contributed by atoms with Crippen molar-refractivity contribution in [3.8, 4) is 0 Å². The molecule has 1 aliphatic carbocycles. The van der Waals surface area contributed by atoms with E-state index in [0.29, 0.717) is 24.8 Å². The molecule has 1 saturated carbocycles. The Kier molecular flexibility index (Phi) is 4.66. The highest BCUT2D eigenvalue weighted by molar-refractivity contribution is 5.77. The van der Waals surface area contributed by atoms with Gasteiger partial charge in [-0.1, -0.05) is 12.5 Å². The van der Waals surface area contributed by atoms with Gasteiger partial charge in [0.05, 0.1) is 0 Å². The van der Waals surface area contributed by atoms with Gasteiger partial charge < -0.3 is 10.4 Å². The second-order valence-electron chi connectivity index (χ2n) is 3.93. The minimum atomic E-state index is 0.0311. The minimum absolute atomic E-state index is 0.0311. The standard InChI is InChI=1S/C11H19NO2/c1-2-4-11(14)12-7-9-5-3-6-10(9)8-13/h2,9-10,13H,1,3-8H2,(H,12,14). The summed E-state index contributed by atoms with van der Waals surface area (Å²) in [6.45, 7) is 4.47. The lowest BCUT2D eigenvalue weighted by Gasteiger charge is -2.17. The maximum Gasteiger partial charge on any atom is 0.223 e. The van der Waals surface area contributed by atoms with Crippen molar-refractivity contribution in [1.82, 2.24) is 5.32 Å². The largest absolute Gasteiger partial charge is 0.396 e. The zero-order valence-corrected chi connectivity index (χ0v) is 8.54. The fourth-order valence-corrected chi connectivity index (χ4v) is 2.07. The first-order chi connectivity index (χ1) is 6.77. The quantitative estimate of drug-likeness (QED) is 0.648. The molecule has 0 aromatic rings. The minimum Gasteiger partial charge on any atom is -0.396 e. The Labute approximate surface area is 85.2 Å². The van der Waals surface area contributed by atoms with Crippen LogP contribution in [-0.4, -0.2) is 24.2 Å². The summed E-state index contributed by atoms with van der Waals surface area (Å²) in [5.74, 6) is 0.886. The van der Waals surface area contributed by atoms with Gasteiger partial charge in [-0.25, -0.2) is 0 Å². The summed E-state index contributed by atoms with van der Waals surface area (Å²) in [5.41, 5.74) is 0. The molecule has 0 heterocycles. The van der Waals surface area contributed by atoms with E-state index < -0.39 is 0 Å². The van der Waals surface area contributed by atoms with Crippen molar-refractivity contribution >= 4 is 5.91 Å². The van der Waals surface area contributed by atoms with E-state index in [2.05, 4.69) is 11.9 Å². The van der Waals surface area contributed by atoms with Crippen LogP contribution in [0.25, 0.3) is 0 Å². The molecule has 3 heteroatoms. The molecular weight excluding hydrogens is 178 g/mol. The highest BCUT2D eigenvalue weighted by Crippen LogP contribution is 2.30. The second kappa shape index (κ2) is 5.81. The molecule has 80 valence electrons. The van der Waals surface area contributed by atoms with Crippen LogP contribution in [0.15, 0.2) is 12.7 Å². The van der Waals surface area contributed by atoms with Crippen LogP contribution in [0, 0.1) is 11.8 Å². The molecule has 14 heavy (non-hydrogen) atoms. The molecule has 0 aromatic heterocycles. The molecule has 0 radical (unpaired) electrons. The molecule has 0 saturated heterocycles. The van der Waals surface area contributed by atoms with Crippen LogP contribution in [0.5, 0.6) is 0 Å². The van der Waals surface area contributed by atoms with Crippen LogP contribution in [-0.2, 0) is 4.79 Å². The van der Waals surface area contributed by atoms with Gasteiger partial charge >= 0.3 is 0 Å². The topological polar surface area (TPSA) is 49.3 Å². The second-order valence-corrected chi connectivity index (χ2v) is 3.93. The SMILES string of the molecule is C=CCC(=O)NCC1CCCC1CO. The Hall–Kier alpha value is -0.830. The molecule has 1 rings (SSSR count). The van der Waals surface area contributed by atoms with Crippen LogP contribution >= 0.6 is 0 Å². The average Bonchev–Trinajstić information content (AvgIpc) is 2.62. The molecule has 1 aliphatic rings. The van der Waals surface area contributed by atoms with Crippen molar-refractivity contribution in [2.75, 3.05) is 13.2 Å². The van der Waals surface area contributed by atoms with Gasteiger partial charge in [0, 0.05) is 19.6 Å². The van der Waals surface area contributed by atoms with Crippen LogP contribution < -0.4 is 5.32 Å². The number of aliphatic hydroxyl groups is 1. The van der Waals surface area contributed by atoms with Crippen molar-refractivity contribution in [2.45, 2.75) is 25.7 Å². The Balaban J connectivity index is 2.23. The predicted octanol–water partition coefficient (Wildman–Crippen LogP) is 1.09. The lowest BCUT2D eigenvalue weighted by molar-refractivity contribution is -0.120. The number of amides is 1. The Morgan fingerprint density at radius 1 is 1.50 bits per heavy atom. The fourth-order valence-electron chi connectivity index (χ4n) is 2.07. The van der Waals surface area contributed by atoms with Crippen molar-refractivity contribution in [2.24, 2.45) is 11.8 Å². The Morgan fingerprint density at radius 2 is 2.21 bits per heavy atom. The van der Waals surface area contributed by atoms with E-state index in [1.807, 2.05) is 0 Å². The smallest absolute Gasteiger partial charge is 0.223 e. The van der Waals surface area contributed by atoms with Gasteiger partial charge in [-0.2, -0.15) is 0 Å². The monoisotopic (exact) mass is 197 g/mol. The maximum atomic E-state index is 11.1. The van der Waals surface area contributed by atoms with E-state index in [0.717, 1.165) is 12.8 Å². The Bertz CT molecular complexity index is 203. The van der Waals surface area contributed by atoms with Gasteiger partial charge in [0.2, 0.25) is 5.91 Å². The van der Waals surface area contributed by atoms with E-state index in [4.69, 9.17) is 5.11 Å². The average molecular weight is 197 g/mol. The summed E-state index contributed by atoms with van der Waals surface area (Å²) < 4.78 is 0. The van der Waals surface area contributed by atoms with Crippen molar-refractivity contribution in [3.63, 3.8) is 0 Å². The first-order valence-corrected chi connectivity index (χ1v) is 5.26. The zero-order valence-electron chi connectivity index (χ0n) is 8.54. The molecule has 2 N–H and O–H groups in total. The van der Waals surface area contributed by atoms with Crippen LogP contribution in [0.3, 0.4) is 0 Å². The first kappa shape index (κ1) is 11.2. The number of carbonyl (C=O) groups excluding carboxylic acids is 1. The number of aliphatic hydroxyl groups excluding tert-OH is 1. The highest BCUT2D eigenvalue weighted by Gasteiger charge is 2.26. The first-order valence-electron chi connectivity index (χ1n) is 5.26. The summed E-state index contributed by atoms with van der Waals surface area (Å²) in [7, 11) is 0. The Morgan fingerprint density at radius 3 is 2.86 bits per heavy atom. The summed E-state index contributed by atoms with van der Waals surface area (Å²) in [6.07, 6.45) is 5.38. The van der Waals surface area contributed by atoms with Crippen molar-refractivity contribution < 1.29 is 9.90 Å². The lowest BCUT2D eigenvalue weighted by Crippen LogP contribution is -2.31. The summed E-state index contributed by atoms with van der Waals surface area (Å²) in [4.78, 5) is 11.1. The van der Waals surface area contributed by atoms with Crippen LogP contribution in [0.2, 0.25) is 0 Å². The van der Waals surface area contributed by atoms with Crippen LogP contribution in [0.1, 0.15) is 25.7 Å². The van der Waals surface area contributed by atoms with E-state index in [1.54, 1.807) is 6.08 Å². The predicted molar refractivity (Wildman–Crippen MR) is 55.7 cm³/mol. The normalized spacial score (nSPS) is 26.1. The summed E-state index contributed by atoms with van der Waals surface area (Å²) >= 11 is 0. The highest BCUT2D eigenvalue weighted by atomic mass is 16.3. The number of nitrogens with one attached hydrogen (secondary N) is 1. The number of rotatable bonds is 5. The van der Waals surface area contributed by atoms with Crippen molar-refractivity contribution in [3.05, 3.63) is 12.7 Å². The number of carbonyl (C=O) groups is 1. The van der Waals surface area contributed by atoms with Gasteiger partial charge in [-0.3, -0.25) is 4.79 Å². The van der Waals surface area contributed by atoms with E-state index in [1.165, 1.54) is 6.42 Å². The van der Waals surface area contributed by atoms with Gasteiger partial charge in [-0.05, 0) is 24.7 Å². The molecule has 2 atom stereocenters. The third-order valence-electron chi connectivity index (χ3n) is 2.94. The van der Waals surface area contributed by atoms with Gasteiger partial charge in [-0.15, -0.1) is 6.58 Å². The van der Waals surface area contributed by atoms with Gasteiger partial charge in [0.15, 0.2) is 0 Å². The van der Waals surface area contributed by atoms with Gasteiger partial charge in [0.25, 0.3) is 0 Å². The molecule has 1 amide bonds. The van der Waals surface area contributed by atoms with Crippen molar-refractivity contribution in [1.29, 1.82) is 0 Å².